The number of nitrogens with two attached hydrogens (primary N) is 2. The lowest BCUT2D eigenvalue weighted by Gasteiger charge is -2.35. The number of carbonyl (C=O) groups excluding carboxylic acids is 1. The van der Waals surface area contributed by atoms with Crippen LogP contribution < -0.4 is 16.8 Å². The number of nitrogens with zero attached hydrogens (tertiary/aromatic N) is 2. The average molecular weight is 638 g/mol. The normalized spacial score (nSPS) is 16.5. The fraction of sp³-hybridized carbons (Fsp3) is 0.273. The standard InChI is InChI=1S/C33H34F3N5O3S/c34-24-5-1-21(2-6-24)32(22-3-7-25(35)8-4-22)33(38)31(42)17-23-18-40-20-30(36)29(23)14-11-27-19-39-15-16-41(27)45(43,44)28-12-9-26(37)10-13-28/h1-10,12-13,18,20,27,32-33,39H,11,14-17,19,37-38H2/t27-,33-/m1/s1. The number of hydrogen-bond donors (Lipinski definition) is 3. The summed E-state index contributed by atoms with van der Waals surface area (Å²) in [5, 5.41) is 3.21. The number of hydrogen-bond acceptors (Lipinski definition) is 7. The Hall–Kier alpha value is -4.10. The molecule has 0 radical (unpaired) electrons. The Balaban J connectivity index is 1.36. The zero-order chi connectivity index (χ0) is 32.1. The topological polar surface area (TPSA) is 131 Å². The van der Waals surface area contributed by atoms with Gasteiger partial charge in [0.05, 0.1) is 17.1 Å². The molecule has 8 nitrogen and oxygen atoms in total. The van der Waals surface area contributed by atoms with Gasteiger partial charge in [-0.05, 0) is 83.6 Å². The molecule has 5 N–H and O–H groups in total. The Bertz CT molecular complexity index is 1690. The van der Waals surface area contributed by atoms with Crippen molar-refractivity contribution in [2.75, 3.05) is 25.4 Å². The molecule has 12 heteroatoms. The van der Waals surface area contributed by atoms with Gasteiger partial charge in [0.1, 0.15) is 17.5 Å². The third kappa shape index (κ3) is 7.42. The molecule has 3 aromatic carbocycles. The maximum absolute atomic E-state index is 15.2. The molecule has 0 saturated carbocycles. The molecule has 1 aromatic heterocycles. The predicted molar refractivity (Wildman–Crippen MR) is 165 cm³/mol. The SMILES string of the molecule is Nc1ccc(S(=O)(=O)N2CCNC[C@H]2CCc2c(F)cncc2CC(=O)[C@@H](N)C(c2ccc(F)cc2)c2ccc(F)cc2)cc1. The Kier molecular flexibility index (Phi) is 9.98. The number of piperazine rings is 1. The average Bonchev–Trinajstić information content (AvgIpc) is 3.03. The number of nitrogen functional groups attached to an aromatic ring is 1. The molecule has 1 fully saturated rings. The van der Waals surface area contributed by atoms with Gasteiger partial charge in [-0.15, -0.1) is 0 Å². The molecule has 0 unspecified atom stereocenters. The lowest BCUT2D eigenvalue weighted by molar-refractivity contribution is -0.119. The highest BCUT2D eigenvalue weighted by molar-refractivity contribution is 7.89. The largest absolute Gasteiger partial charge is 0.399 e. The zero-order valence-corrected chi connectivity index (χ0v) is 25.2. The molecule has 1 aliphatic heterocycles. The summed E-state index contributed by atoms with van der Waals surface area (Å²) in [4.78, 5) is 17.7. The van der Waals surface area contributed by atoms with Crippen LogP contribution in [0.4, 0.5) is 18.9 Å². The molecule has 2 atom stereocenters. The van der Waals surface area contributed by atoms with E-state index in [1.54, 1.807) is 0 Å². The number of nitrogens with one attached hydrogen (secondary N) is 1. The van der Waals surface area contributed by atoms with E-state index in [1.165, 1.54) is 83.3 Å². The molecular weight excluding hydrogens is 603 g/mol. The van der Waals surface area contributed by atoms with Crippen molar-refractivity contribution in [1.82, 2.24) is 14.6 Å². The lowest BCUT2D eigenvalue weighted by Crippen LogP contribution is -2.53. The van der Waals surface area contributed by atoms with E-state index in [1.807, 2.05) is 0 Å². The van der Waals surface area contributed by atoms with E-state index in [-0.39, 0.29) is 36.3 Å². The molecule has 1 aliphatic rings. The van der Waals surface area contributed by atoms with E-state index in [2.05, 4.69) is 10.3 Å². The Labute approximate surface area is 260 Å². The van der Waals surface area contributed by atoms with Crippen LogP contribution in [0.2, 0.25) is 0 Å². The summed E-state index contributed by atoms with van der Waals surface area (Å²) in [6, 6.07) is 15.5. The molecule has 5 rings (SSSR count). The van der Waals surface area contributed by atoms with Crippen LogP contribution in [0.3, 0.4) is 0 Å². The highest BCUT2D eigenvalue weighted by Gasteiger charge is 2.34. The number of halogens is 3. The van der Waals surface area contributed by atoms with E-state index < -0.39 is 51.3 Å². The van der Waals surface area contributed by atoms with Crippen molar-refractivity contribution in [3.05, 3.63) is 125 Å². The van der Waals surface area contributed by atoms with Crippen molar-refractivity contribution in [2.24, 2.45) is 5.73 Å². The van der Waals surface area contributed by atoms with Crippen molar-refractivity contribution in [2.45, 2.75) is 42.2 Å². The van der Waals surface area contributed by atoms with Gasteiger partial charge in [0, 0.05) is 49.9 Å². The molecular formula is C33H34F3N5O3S. The van der Waals surface area contributed by atoms with Gasteiger partial charge in [-0.2, -0.15) is 4.31 Å². The van der Waals surface area contributed by atoms with Crippen LogP contribution in [0, 0.1) is 17.5 Å². The number of pyridine rings is 1. The molecule has 0 bridgehead atoms. The van der Waals surface area contributed by atoms with E-state index in [4.69, 9.17) is 11.5 Å². The highest BCUT2D eigenvalue weighted by atomic mass is 32.2. The fourth-order valence-electron chi connectivity index (χ4n) is 5.76. The monoisotopic (exact) mass is 637 g/mol. The quantitative estimate of drug-likeness (QED) is 0.212. The Morgan fingerprint density at radius 2 is 1.53 bits per heavy atom. The summed E-state index contributed by atoms with van der Waals surface area (Å²) in [7, 11) is -3.84. The molecule has 0 aliphatic carbocycles. The summed E-state index contributed by atoms with van der Waals surface area (Å²) < 4.78 is 71.0. The number of rotatable bonds is 11. The van der Waals surface area contributed by atoms with Crippen molar-refractivity contribution in [1.29, 1.82) is 0 Å². The first-order valence-corrected chi connectivity index (χ1v) is 16.0. The number of Topliss-reactive ketones (excluding diaryl/α,β-unsaturated/α-hetero) is 1. The number of sulfonamides is 1. The summed E-state index contributed by atoms with van der Waals surface area (Å²) in [5.74, 6) is -2.67. The second-order valence-corrected chi connectivity index (χ2v) is 13.0. The van der Waals surface area contributed by atoms with Crippen molar-refractivity contribution in [3.8, 4) is 0 Å². The van der Waals surface area contributed by atoms with E-state index >= 15 is 4.39 Å². The molecule has 45 heavy (non-hydrogen) atoms. The van der Waals surface area contributed by atoms with Crippen LogP contribution in [0.1, 0.15) is 34.6 Å². The first kappa shape index (κ1) is 32.3. The highest BCUT2D eigenvalue weighted by Crippen LogP contribution is 2.30. The Morgan fingerprint density at radius 3 is 2.13 bits per heavy atom. The second-order valence-electron chi connectivity index (χ2n) is 11.1. The fourth-order valence-corrected chi connectivity index (χ4v) is 7.42. The van der Waals surface area contributed by atoms with Crippen molar-refractivity contribution >= 4 is 21.5 Å². The summed E-state index contributed by atoms with van der Waals surface area (Å²) >= 11 is 0. The van der Waals surface area contributed by atoms with Gasteiger partial charge in [0.25, 0.3) is 0 Å². The summed E-state index contributed by atoms with van der Waals surface area (Å²) in [6.07, 6.45) is 2.66. The molecule has 236 valence electrons. The van der Waals surface area contributed by atoms with Gasteiger partial charge in [0.2, 0.25) is 10.0 Å². The lowest BCUT2D eigenvalue weighted by atomic mass is 9.82. The van der Waals surface area contributed by atoms with E-state index in [0.717, 1.165) is 6.20 Å². The number of aromatic nitrogens is 1. The van der Waals surface area contributed by atoms with Gasteiger partial charge in [-0.25, -0.2) is 21.6 Å². The van der Waals surface area contributed by atoms with Crippen LogP contribution in [0.5, 0.6) is 0 Å². The first-order valence-electron chi connectivity index (χ1n) is 14.5. The van der Waals surface area contributed by atoms with Crippen LogP contribution in [0.15, 0.2) is 90.1 Å². The summed E-state index contributed by atoms with van der Waals surface area (Å²) in [5.41, 5.74) is 14.4. The third-order valence-electron chi connectivity index (χ3n) is 8.16. The van der Waals surface area contributed by atoms with Gasteiger partial charge < -0.3 is 16.8 Å². The van der Waals surface area contributed by atoms with Gasteiger partial charge >= 0.3 is 0 Å². The number of ketones is 1. The number of carbonyl (C=O) groups is 1. The van der Waals surface area contributed by atoms with Crippen LogP contribution in [-0.4, -0.2) is 55.2 Å². The first-order chi connectivity index (χ1) is 21.5. The predicted octanol–water partition coefficient (Wildman–Crippen LogP) is 3.95. The van der Waals surface area contributed by atoms with E-state index in [9.17, 15) is 22.0 Å². The van der Waals surface area contributed by atoms with Gasteiger partial charge in [0.15, 0.2) is 5.78 Å². The maximum Gasteiger partial charge on any atom is 0.243 e. The van der Waals surface area contributed by atoms with Gasteiger partial charge in [-0.1, -0.05) is 24.3 Å². The molecule has 2 heterocycles. The number of anilines is 1. The van der Waals surface area contributed by atoms with Crippen LogP contribution in [0.25, 0.3) is 0 Å². The van der Waals surface area contributed by atoms with Crippen LogP contribution >= 0.6 is 0 Å². The van der Waals surface area contributed by atoms with Gasteiger partial charge in [-0.3, -0.25) is 9.78 Å². The minimum atomic E-state index is -3.84. The third-order valence-corrected chi connectivity index (χ3v) is 10.1. The molecule has 0 amide bonds. The zero-order valence-electron chi connectivity index (χ0n) is 24.4. The number of benzene rings is 3. The molecule has 0 spiro atoms. The summed E-state index contributed by atoms with van der Waals surface area (Å²) in [6.45, 7) is 1.08. The molecule has 4 aromatic rings. The smallest absolute Gasteiger partial charge is 0.243 e. The van der Waals surface area contributed by atoms with Crippen molar-refractivity contribution < 1.29 is 26.4 Å². The maximum atomic E-state index is 15.2. The minimum Gasteiger partial charge on any atom is -0.399 e. The molecule has 1 saturated heterocycles. The van der Waals surface area contributed by atoms with Crippen LogP contribution in [-0.2, 0) is 27.7 Å². The van der Waals surface area contributed by atoms with E-state index in [0.29, 0.717) is 35.5 Å². The second kappa shape index (κ2) is 13.9. The minimum absolute atomic E-state index is 0.121. The van der Waals surface area contributed by atoms with Crippen molar-refractivity contribution in [3.63, 3.8) is 0 Å². The Morgan fingerprint density at radius 1 is 0.933 bits per heavy atom.